The number of benzene rings is 1. The van der Waals surface area contributed by atoms with Gasteiger partial charge in [0.05, 0.1) is 11.4 Å². The second-order valence-electron chi connectivity index (χ2n) is 5.65. The SMILES string of the molecule is O=C(O)CN1C(=O)/C(=C2/Sc3ccccc3N2CCCS(=O)(=O)O)SC1=S. The molecule has 0 radical (unpaired) electrons. The summed E-state index contributed by atoms with van der Waals surface area (Å²) in [6.45, 7) is -0.246. The first-order chi connectivity index (χ1) is 12.7. The van der Waals surface area contributed by atoms with Crippen molar-refractivity contribution in [3.05, 3.63) is 34.2 Å². The van der Waals surface area contributed by atoms with Crippen LogP contribution in [0.2, 0.25) is 0 Å². The van der Waals surface area contributed by atoms with E-state index in [2.05, 4.69) is 0 Å². The predicted octanol–water partition coefficient (Wildman–Crippen LogP) is 1.99. The number of thiocarbonyl (C=S) groups is 1. The van der Waals surface area contributed by atoms with E-state index < -0.39 is 34.3 Å². The van der Waals surface area contributed by atoms with Gasteiger partial charge in [-0.2, -0.15) is 8.42 Å². The zero-order chi connectivity index (χ0) is 19.8. The van der Waals surface area contributed by atoms with Gasteiger partial charge in [-0.1, -0.05) is 47.9 Å². The molecule has 1 saturated heterocycles. The molecule has 0 aliphatic carbocycles. The standard InChI is InChI=1S/C15H14N2O6S4/c18-11(19)8-17-13(20)12(26-15(17)24)14-16(6-3-7-27(21,22)23)9-4-1-2-5-10(9)25-14/h1-2,4-5H,3,6-8H2,(H,18,19)(H,21,22,23)/b14-12-. The third-order valence-electron chi connectivity index (χ3n) is 3.73. The molecule has 2 aliphatic heterocycles. The summed E-state index contributed by atoms with van der Waals surface area (Å²) in [6.07, 6.45) is 0.159. The zero-order valence-electron chi connectivity index (χ0n) is 13.7. The number of nitrogens with zero attached hydrogens (tertiary/aromatic N) is 2. The Labute approximate surface area is 169 Å². The molecule has 3 rings (SSSR count). The normalized spacial score (nSPS) is 19.7. The molecule has 144 valence electrons. The minimum atomic E-state index is -4.09. The molecule has 0 saturated carbocycles. The second kappa shape index (κ2) is 7.80. The smallest absolute Gasteiger partial charge is 0.323 e. The molecule has 0 unspecified atom stereocenters. The average molecular weight is 447 g/mol. The average Bonchev–Trinajstić information content (AvgIpc) is 3.06. The number of amides is 1. The number of fused-ring (bicyclic) bond motifs is 1. The summed E-state index contributed by atoms with van der Waals surface area (Å²) in [6, 6.07) is 7.40. The van der Waals surface area contributed by atoms with Gasteiger partial charge in [0.15, 0.2) is 0 Å². The summed E-state index contributed by atoms with van der Waals surface area (Å²) in [7, 11) is -4.09. The molecule has 8 nitrogen and oxygen atoms in total. The zero-order valence-corrected chi connectivity index (χ0v) is 17.0. The van der Waals surface area contributed by atoms with Gasteiger partial charge in [0.2, 0.25) is 0 Å². The maximum Gasteiger partial charge on any atom is 0.323 e. The molecule has 1 aromatic rings. The van der Waals surface area contributed by atoms with Crippen LogP contribution in [0.15, 0.2) is 39.1 Å². The molecule has 2 aliphatic rings. The number of carbonyl (C=O) groups excluding carboxylic acids is 1. The van der Waals surface area contributed by atoms with Crippen molar-refractivity contribution in [1.82, 2.24) is 4.90 Å². The van der Waals surface area contributed by atoms with Crippen LogP contribution in [0.3, 0.4) is 0 Å². The Balaban J connectivity index is 1.93. The van der Waals surface area contributed by atoms with Crippen LogP contribution in [0.1, 0.15) is 6.42 Å². The predicted molar refractivity (Wildman–Crippen MR) is 107 cm³/mol. The lowest BCUT2D eigenvalue weighted by Crippen LogP contribution is -2.34. The number of carbonyl (C=O) groups is 2. The van der Waals surface area contributed by atoms with E-state index in [0.29, 0.717) is 9.93 Å². The van der Waals surface area contributed by atoms with Gasteiger partial charge in [-0.3, -0.25) is 19.0 Å². The fraction of sp³-hybridized carbons (Fsp3) is 0.267. The van der Waals surface area contributed by atoms with Crippen LogP contribution in [-0.4, -0.2) is 58.0 Å². The van der Waals surface area contributed by atoms with Crippen LogP contribution in [0.5, 0.6) is 0 Å². The molecule has 1 aromatic carbocycles. The first-order valence-electron chi connectivity index (χ1n) is 7.66. The number of hydrogen-bond acceptors (Lipinski definition) is 8. The molecule has 12 heteroatoms. The van der Waals surface area contributed by atoms with Crippen LogP contribution in [-0.2, 0) is 19.7 Å². The molecule has 2 heterocycles. The van der Waals surface area contributed by atoms with E-state index in [0.717, 1.165) is 27.2 Å². The van der Waals surface area contributed by atoms with Gasteiger partial charge in [0.25, 0.3) is 16.0 Å². The fourth-order valence-corrected chi connectivity index (χ4v) is 5.72. The van der Waals surface area contributed by atoms with E-state index in [9.17, 15) is 18.0 Å². The van der Waals surface area contributed by atoms with Crippen molar-refractivity contribution >= 4 is 67.7 Å². The van der Waals surface area contributed by atoms with Crippen molar-refractivity contribution in [3.63, 3.8) is 0 Å². The molecule has 27 heavy (non-hydrogen) atoms. The Hall–Kier alpha value is -1.60. The fourth-order valence-electron chi connectivity index (χ4n) is 2.63. The van der Waals surface area contributed by atoms with Crippen molar-refractivity contribution in [3.8, 4) is 0 Å². The number of anilines is 1. The maximum absolute atomic E-state index is 12.7. The van der Waals surface area contributed by atoms with Crippen molar-refractivity contribution in [1.29, 1.82) is 0 Å². The number of carboxylic acid groups (broad SMARTS) is 1. The molecule has 0 aromatic heterocycles. The number of hydrogen-bond donors (Lipinski definition) is 2. The van der Waals surface area contributed by atoms with Gasteiger partial charge in [0.1, 0.15) is 20.8 Å². The van der Waals surface area contributed by atoms with E-state index in [4.69, 9.17) is 21.9 Å². The van der Waals surface area contributed by atoms with Gasteiger partial charge in [-0.15, -0.1) is 0 Å². The summed E-state index contributed by atoms with van der Waals surface area (Å²) in [5.41, 5.74) is 0.816. The molecule has 0 atom stereocenters. The molecule has 1 fully saturated rings. The van der Waals surface area contributed by atoms with Gasteiger partial charge < -0.3 is 10.0 Å². The minimum Gasteiger partial charge on any atom is -0.480 e. The first-order valence-corrected chi connectivity index (χ1v) is 11.3. The molecular formula is C15H14N2O6S4. The molecule has 0 spiro atoms. The monoisotopic (exact) mass is 446 g/mol. The molecule has 0 bridgehead atoms. The van der Waals surface area contributed by atoms with Crippen LogP contribution in [0.4, 0.5) is 5.69 Å². The van der Waals surface area contributed by atoms with Crippen molar-refractivity contribution in [2.75, 3.05) is 23.7 Å². The van der Waals surface area contributed by atoms with Gasteiger partial charge in [-0.05, 0) is 18.6 Å². The number of rotatable bonds is 6. The van der Waals surface area contributed by atoms with Crippen LogP contribution >= 0.6 is 35.7 Å². The van der Waals surface area contributed by atoms with Crippen LogP contribution in [0.25, 0.3) is 0 Å². The van der Waals surface area contributed by atoms with E-state index in [-0.39, 0.29) is 17.3 Å². The number of aliphatic carboxylic acids is 1. The second-order valence-corrected chi connectivity index (χ2v) is 9.90. The summed E-state index contributed by atoms with van der Waals surface area (Å²) in [5, 5.41) is 9.55. The summed E-state index contributed by atoms with van der Waals surface area (Å²) < 4.78 is 31.1. The number of carboxylic acids is 1. The molecule has 2 N–H and O–H groups in total. The number of para-hydroxylation sites is 1. The van der Waals surface area contributed by atoms with Crippen molar-refractivity contribution < 1.29 is 27.7 Å². The van der Waals surface area contributed by atoms with Gasteiger partial charge in [-0.25, -0.2) is 0 Å². The highest BCUT2D eigenvalue weighted by Crippen LogP contribution is 2.50. The Morgan fingerprint density at radius 2 is 1.89 bits per heavy atom. The highest BCUT2D eigenvalue weighted by Gasteiger charge is 2.39. The van der Waals surface area contributed by atoms with Gasteiger partial charge in [0, 0.05) is 11.4 Å². The van der Waals surface area contributed by atoms with E-state index >= 15 is 0 Å². The van der Waals surface area contributed by atoms with Crippen LogP contribution in [0, 0.1) is 0 Å². The van der Waals surface area contributed by atoms with E-state index in [1.54, 1.807) is 4.90 Å². The van der Waals surface area contributed by atoms with Gasteiger partial charge >= 0.3 is 5.97 Å². The largest absolute Gasteiger partial charge is 0.480 e. The third kappa shape index (κ3) is 4.46. The first kappa shape index (κ1) is 20.1. The third-order valence-corrected chi connectivity index (χ3v) is 7.28. The van der Waals surface area contributed by atoms with E-state index in [1.807, 2.05) is 24.3 Å². The summed E-state index contributed by atoms with van der Waals surface area (Å²) in [5.74, 6) is -2.05. The quantitative estimate of drug-likeness (QED) is 0.382. The van der Waals surface area contributed by atoms with Crippen LogP contribution < -0.4 is 4.90 Å². The van der Waals surface area contributed by atoms with Crippen molar-refractivity contribution in [2.24, 2.45) is 0 Å². The minimum absolute atomic E-state index is 0.159. The Bertz CT molecular complexity index is 959. The topological polar surface area (TPSA) is 115 Å². The molecule has 1 amide bonds. The number of thioether (sulfide) groups is 2. The molecular weight excluding hydrogens is 432 g/mol. The highest BCUT2D eigenvalue weighted by atomic mass is 32.2. The summed E-state index contributed by atoms with van der Waals surface area (Å²) >= 11 is 7.51. The lowest BCUT2D eigenvalue weighted by atomic mass is 10.3. The van der Waals surface area contributed by atoms with Crippen molar-refractivity contribution in [2.45, 2.75) is 11.3 Å². The van der Waals surface area contributed by atoms with E-state index in [1.165, 1.54) is 11.8 Å². The Morgan fingerprint density at radius 3 is 2.56 bits per heavy atom. The lowest BCUT2D eigenvalue weighted by Gasteiger charge is -2.21. The highest BCUT2D eigenvalue weighted by molar-refractivity contribution is 8.27. The Morgan fingerprint density at radius 1 is 1.19 bits per heavy atom. The Kier molecular flexibility index (Phi) is 5.82. The lowest BCUT2D eigenvalue weighted by molar-refractivity contribution is -0.140. The summed E-state index contributed by atoms with van der Waals surface area (Å²) in [4.78, 5) is 27.7. The maximum atomic E-state index is 12.7.